The van der Waals surface area contributed by atoms with Crippen LogP contribution in [0.3, 0.4) is 0 Å². The number of hydrogen-bond donors (Lipinski definition) is 0. The van der Waals surface area contributed by atoms with Crippen LogP contribution < -0.4 is 4.90 Å². The molecule has 0 aliphatic rings. The Bertz CT molecular complexity index is 399. The van der Waals surface area contributed by atoms with Gasteiger partial charge in [0.2, 0.25) is 0 Å². The van der Waals surface area contributed by atoms with Crippen molar-refractivity contribution in [2.75, 3.05) is 25.1 Å². The number of aromatic nitrogens is 1. The highest BCUT2D eigenvalue weighted by atomic mass is 79.9. The van der Waals surface area contributed by atoms with Crippen molar-refractivity contribution in [1.29, 1.82) is 0 Å². The van der Waals surface area contributed by atoms with E-state index in [1.54, 1.807) is 6.20 Å². The van der Waals surface area contributed by atoms with E-state index < -0.39 is 0 Å². The van der Waals surface area contributed by atoms with E-state index in [1.807, 2.05) is 17.9 Å². The summed E-state index contributed by atoms with van der Waals surface area (Å²) in [5.41, 5.74) is 0. The number of ether oxygens (including phenoxy) is 1. The first-order chi connectivity index (χ1) is 8.08. The quantitative estimate of drug-likeness (QED) is 0.752. The molecule has 17 heavy (non-hydrogen) atoms. The largest absolute Gasteiger partial charge is 0.469 e. The van der Waals surface area contributed by atoms with Gasteiger partial charge in [0.15, 0.2) is 0 Å². The van der Waals surface area contributed by atoms with Crippen molar-refractivity contribution in [3.63, 3.8) is 0 Å². The Balaban J connectivity index is 2.75. The van der Waals surface area contributed by atoms with Crippen molar-refractivity contribution in [1.82, 2.24) is 4.98 Å². The van der Waals surface area contributed by atoms with Crippen molar-refractivity contribution in [2.24, 2.45) is 0 Å². The molecule has 0 spiro atoms. The van der Waals surface area contributed by atoms with Gasteiger partial charge in [-0.1, -0.05) is 0 Å². The summed E-state index contributed by atoms with van der Waals surface area (Å²) in [6.07, 6.45) is 2.09. The van der Waals surface area contributed by atoms with Gasteiger partial charge in [0.25, 0.3) is 0 Å². The molecule has 0 aliphatic carbocycles. The minimum atomic E-state index is -0.211. The van der Waals surface area contributed by atoms with Crippen LogP contribution in [0, 0.1) is 0 Å². The minimum Gasteiger partial charge on any atom is -0.469 e. The van der Waals surface area contributed by atoms with E-state index in [0.29, 0.717) is 13.0 Å². The fraction of sp³-hybridized carbons (Fsp3) is 0.455. The summed E-state index contributed by atoms with van der Waals surface area (Å²) in [6, 6.07) is 1.93. The molecule has 94 valence electrons. The Morgan fingerprint density at radius 2 is 2.24 bits per heavy atom. The van der Waals surface area contributed by atoms with Crippen molar-refractivity contribution < 1.29 is 9.53 Å². The van der Waals surface area contributed by atoms with Gasteiger partial charge in [0, 0.05) is 23.8 Å². The van der Waals surface area contributed by atoms with Gasteiger partial charge in [-0.25, -0.2) is 4.98 Å². The summed E-state index contributed by atoms with van der Waals surface area (Å²) in [6.45, 7) is 3.40. The molecule has 0 N–H and O–H groups in total. The molecule has 4 nitrogen and oxygen atoms in total. The summed E-state index contributed by atoms with van der Waals surface area (Å²) in [5.74, 6) is 0.622. The Morgan fingerprint density at radius 3 is 2.76 bits per heavy atom. The first-order valence-corrected chi connectivity index (χ1v) is 6.80. The third kappa shape index (κ3) is 4.27. The predicted octanol–water partition coefficient (Wildman–Crippen LogP) is 3.00. The molecule has 1 aromatic rings. The predicted molar refractivity (Wildman–Crippen MR) is 74.2 cm³/mol. The Labute approximate surface area is 118 Å². The monoisotopic (exact) mass is 364 g/mol. The Hall–Kier alpha value is -0.620. The molecular formula is C11H14Br2N2O2. The molecular weight excluding hydrogens is 352 g/mol. The van der Waals surface area contributed by atoms with Crippen LogP contribution in [0.5, 0.6) is 0 Å². The maximum atomic E-state index is 11.1. The molecule has 0 amide bonds. The van der Waals surface area contributed by atoms with Gasteiger partial charge in [-0.3, -0.25) is 4.79 Å². The van der Waals surface area contributed by atoms with Crippen LogP contribution in [0.1, 0.15) is 13.3 Å². The van der Waals surface area contributed by atoms with Crippen LogP contribution in [-0.4, -0.2) is 31.2 Å². The summed E-state index contributed by atoms with van der Waals surface area (Å²) in [5, 5.41) is 0. The first kappa shape index (κ1) is 14.4. The summed E-state index contributed by atoms with van der Waals surface area (Å²) in [7, 11) is 1.40. The van der Waals surface area contributed by atoms with E-state index in [-0.39, 0.29) is 5.97 Å². The number of methoxy groups -OCH3 is 1. The fourth-order valence-corrected chi connectivity index (χ4v) is 2.62. The van der Waals surface area contributed by atoms with Gasteiger partial charge in [0.05, 0.1) is 18.0 Å². The minimum absolute atomic E-state index is 0.211. The van der Waals surface area contributed by atoms with Crippen LogP contribution >= 0.6 is 31.9 Å². The molecule has 0 aromatic carbocycles. The molecule has 0 aliphatic heterocycles. The van der Waals surface area contributed by atoms with Crippen molar-refractivity contribution in [3.05, 3.63) is 21.2 Å². The lowest BCUT2D eigenvalue weighted by Crippen LogP contribution is -2.27. The van der Waals surface area contributed by atoms with Crippen molar-refractivity contribution in [2.45, 2.75) is 13.3 Å². The maximum Gasteiger partial charge on any atom is 0.307 e. The van der Waals surface area contributed by atoms with Crippen molar-refractivity contribution >= 4 is 43.6 Å². The second-order valence-corrected chi connectivity index (χ2v) is 5.13. The highest BCUT2D eigenvalue weighted by Crippen LogP contribution is 2.26. The molecule has 1 heterocycles. The molecule has 1 rings (SSSR count). The van der Waals surface area contributed by atoms with E-state index >= 15 is 0 Å². The van der Waals surface area contributed by atoms with E-state index in [1.165, 1.54) is 7.11 Å². The van der Waals surface area contributed by atoms with Gasteiger partial charge < -0.3 is 9.64 Å². The number of rotatable bonds is 5. The molecule has 0 saturated carbocycles. The standard InChI is InChI=1S/C11H14Br2N2O2/c1-3-15(5-4-10(16)17-2)11-9(13)6-8(12)7-14-11/h6-7H,3-5H2,1-2H3. The molecule has 0 atom stereocenters. The lowest BCUT2D eigenvalue weighted by Gasteiger charge is -2.22. The smallest absolute Gasteiger partial charge is 0.307 e. The van der Waals surface area contributed by atoms with Gasteiger partial charge in [-0.15, -0.1) is 0 Å². The maximum absolute atomic E-state index is 11.1. The molecule has 0 fully saturated rings. The zero-order valence-corrected chi connectivity index (χ0v) is 12.9. The number of carbonyl (C=O) groups excluding carboxylic acids is 1. The van der Waals surface area contributed by atoms with E-state index in [9.17, 15) is 4.79 Å². The zero-order valence-electron chi connectivity index (χ0n) is 9.74. The number of halogens is 2. The van der Waals surface area contributed by atoms with E-state index in [0.717, 1.165) is 21.3 Å². The number of anilines is 1. The average Bonchev–Trinajstić information content (AvgIpc) is 2.31. The van der Waals surface area contributed by atoms with Crippen LogP contribution in [0.4, 0.5) is 5.82 Å². The Morgan fingerprint density at radius 1 is 1.53 bits per heavy atom. The highest BCUT2D eigenvalue weighted by molar-refractivity contribution is 9.11. The average molecular weight is 366 g/mol. The summed E-state index contributed by atoms with van der Waals surface area (Å²) in [4.78, 5) is 17.5. The third-order valence-electron chi connectivity index (χ3n) is 2.28. The fourth-order valence-electron chi connectivity index (χ4n) is 1.38. The second-order valence-electron chi connectivity index (χ2n) is 3.36. The molecule has 0 unspecified atom stereocenters. The normalized spacial score (nSPS) is 10.1. The first-order valence-electron chi connectivity index (χ1n) is 5.21. The topological polar surface area (TPSA) is 42.4 Å². The van der Waals surface area contributed by atoms with Crippen LogP contribution in [0.2, 0.25) is 0 Å². The summed E-state index contributed by atoms with van der Waals surface area (Å²) < 4.78 is 6.44. The van der Waals surface area contributed by atoms with Crippen LogP contribution in [0.15, 0.2) is 21.2 Å². The number of nitrogens with zero attached hydrogens (tertiary/aromatic N) is 2. The van der Waals surface area contributed by atoms with E-state index in [2.05, 4.69) is 41.6 Å². The molecule has 0 bridgehead atoms. The van der Waals surface area contributed by atoms with Gasteiger partial charge in [-0.2, -0.15) is 0 Å². The lowest BCUT2D eigenvalue weighted by molar-refractivity contribution is -0.140. The van der Waals surface area contributed by atoms with Gasteiger partial charge in [0.1, 0.15) is 5.82 Å². The van der Waals surface area contributed by atoms with Crippen molar-refractivity contribution in [3.8, 4) is 0 Å². The SMILES string of the molecule is CCN(CCC(=O)OC)c1ncc(Br)cc1Br. The number of carbonyl (C=O) groups is 1. The molecule has 0 saturated heterocycles. The Kier molecular flexibility index (Phi) is 5.91. The zero-order chi connectivity index (χ0) is 12.8. The van der Waals surface area contributed by atoms with Crippen LogP contribution in [-0.2, 0) is 9.53 Å². The molecule has 0 radical (unpaired) electrons. The number of esters is 1. The molecule has 6 heteroatoms. The lowest BCUT2D eigenvalue weighted by atomic mass is 10.3. The second kappa shape index (κ2) is 6.96. The highest BCUT2D eigenvalue weighted by Gasteiger charge is 2.12. The van der Waals surface area contributed by atoms with Gasteiger partial charge >= 0.3 is 5.97 Å². The van der Waals surface area contributed by atoms with E-state index in [4.69, 9.17) is 0 Å². The number of pyridine rings is 1. The van der Waals surface area contributed by atoms with Gasteiger partial charge in [-0.05, 0) is 44.8 Å². The third-order valence-corrected chi connectivity index (χ3v) is 3.30. The van der Waals surface area contributed by atoms with Crippen LogP contribution in [0.25, 0.3) is 0 Å². The summed E-state index contributed by atoms with van der Waals surface area (Å²) >= 11 is 6.82. The molecule has 1 aromatic heterocycles. The number of hydrogen-bond acceptors (Lipinski definition) is 4.